The summed E-state index contributed by atoms with van der Waals surface area (Å²) in [6, 6.07) is 3.81. The molecule has 82 valence electrons. The van der Waals surface area contributed by atoms with Crippen molar-refractivity contribution in [3.05, 3.63) is 42.5 Å². The van der Waals surface area contributed by atoms with E-state index < -0.39 is 0 Å². The quantitative estimate of drug-likeness (QED) is 0.811. The number of rotatable bonds is 4. The number of imidazole rings is 1. The number of pyridine rings is 1. The van der Waals surface area contributed by atoms with Gasteiger partial charge in [-0.1, -0.05) is 0 Å². The van der Waals surface area contributed by atoms with E-state index in [0.29, 0.717) is 18.8 Å². The fourth-order valence-corrected chi connectivity index (χ4v) is 1.34. The van der Waals surface area contributed by atoms with Gasteiger partial charge in [0.15, 0.2) is 0 Å². The number of hydrogen-bond acceptors (Lipinski definition) is 3. The van der Waals surface area contributed by atoms with E-state index in [-0.39, 0.29) is 5.91 Å². The lowest BCUT2D eigenvalue weighted by atomic mass is 10.1. The zero-order valence-corrected chi connectivity index (χ0v) is 8.68. The van der Waals surface area contributed by atoms with Gasteiger partial charge in [-0.25, -0.2) is 4.98 Å². The lowest BCUT2D eigenvalue weighted by Crippen LogP contribution is -2.13. The van der Waals surface area contributed by atoms with Crippen LogP contribution in [0.2, 0.25) is 0 Å². The van der Waals surface area contributed by atoms with Gasteiger partial charge in [-0.2, -0.15) is 0 Å². The minimum atomic E-state index is -0.0493. The van der Waals surface area contributed by atoms with Crippen LogP contribution < -0.4 is 5.32 Å². The minimum Gasteiger partial charge on any atom is -0.331 e. The third kappa shape index (κ3) is 2.91. The summed E-state index contributed by atoms with van der Waals surface area (Å²) >= 11 is 0. The highest BCUT2D eigenvalue weighted by Gasteiger charge is 2.03. The summed E-state index contributed by atoms with van der Waals surface area (Å²) in [6.45, 7) is 0. The fourth-order valence-electron chi connectivity index (χ4n) is 1.34. The van der Waals surface area contributed by atoms with Gasteiger partial charge in [0.05, 0.1) is 0 Å². The Morgan fingerprint density at radius 1 is 1.31 bits per heavy atom. The van der Waals surface area contributed by atoms with Crippen LogP contribution in [-0.2, 0) is 11.2 Å². The van der Waals surface area contributed by atoms with Crippen LogP contribution in [0.5, 0.6) is 0 Å². The van der Waals surface area contributed by atoms with Crippen LogP contribution in [0.25, 0.3) is 0 Å². The summed E-state index contributed by atoms with van der Waals surface area (Å²) in [5.41, 5.74) is 1.10. The van der Waals surface area contributed by atoms with Gasteiger partial charge in [-0.05, 0) is 24.1 Å². The first-order chi connectivity index (χ1) is 7.84. The van der Waals surface area contributed by atoms with E-state index >= 15 is 0 Å². The Morgan fingerprint density at radius 3 is 2.81 bits per heavy atom. The highest BCUT2D eigenvalue weighted by molar-refractivity contribution is 5.89. The van der Waals surface area contributed by atoms with E-state index in [1.165, 1.54) is 0 Å². The zero-order chi connectivity index (χ0) is 11.2. The number of carbonyl (C=O) groups is 1. The molecule has 0 aromatic carbocycles. The van der Waals surface area contributed by atoms with Gasteiger partial charge in [0, 0.05) is 31.2 Å². The van der Waals surface area contributed by atoms with Gasteiger partial charge in [-0.15, -0.1) is 0 Å². The third-order valence-electron chi connectivity index (χ3n) is 2.15. The molecule has 16 heavy (non-hydrogen) atoms. The Balaban J connectivity index is 1.80. The number of aromatic nitrogens is 3. The topological polar surface area (TPSA) is 70.7 Å². The Hall–Kier alpha value is -2.17. The molecule has 0 radical (unpaired) electrons. The highest BCUT2D eigenvalue weighted by atomic mass is 16.1. The summed E-state index contributed by atoms with van der Waals surface area (Å²) in [6.07, 6.45) is 7.84. The van der Waals surface area contributed by atoms with E-state index in [4.69, 9.17) is 0 Å². The van der Waals surface area contributed by atoms with Crippen LogP contribution >= 0.6 is 0 Å². The molecule has 0 unspecified atom stereocenters. The van der Waals surface area contributed by atoms with Gasteiger partial charge in [0.1, 0.15) is 0 Å². The number of H-pyrrole nitrogens is 1. The molecule has 0 aliphatic heterocycles. The fraction of sp³-hybridized carbons (Fsp3) is 0.182. The van der Waals surface area contributed by atoms with Crippen molar-refractivity contribution >= 4 is 11.9 Å². The van der Waals surface area contributed by atoms with Crippen LogP contribution in [0, 0.1) is 0 Å². The molecular formula is C11H12N4O. The molecule has 0 atom stereocenters. The molecule has 5 nitrogen and oxygen atoms in total. The maximum atomic E-state index is 11.5. The predicted molar refractivity (Wildman–Crippen MR) is 59.8 cm³/mol. The predicted octanol–water partition coefficient (Wildman–Crippen LogP) is 1.38. The highest BCUT2D eigenvalue weighted by Crippen LogP contribution is 2.02. The SMILES string of the molecule is O=C(CCc1ccncc1)Nc1ncc[nH]1. The number of nitrogens with one attached hydrogen (secondary N) is 2. The van der Waals surface area contributed by atoms with Crippen molar-refractivity contribution in [2.45, 2.75) is 12.8 Å². The third-order valence-corrected chi connectivity index (χ3v) is 2.15. The molecule has 0 fully saturated rings. The van der Waals surface area contributed by atoms with E-state index in [2.05, 4.69) is 20.3 Å². The first-order valence-corrected chi connectivity index (χ1v) is 5.03. The van der Waals surface area contributed by atoms with Gasteiger partial charge in [0.2, 0.25) is 11.9 Å². The van der Waals surface area contributed by atoms with Crippen LogP contribution in [0.3, 0.4) is 0 Å². The molecule has 2 aromatic rings. The van der Waals surface area contributed by atoms with Crippen LogP contribution in [0.1, 0.15) is 12.0 Å². The molecule has 0 saturated heterocycles. The first kappa shape index (κ1) is 10.4. The molecule has 0 saturated carbocycles. The second-order valence-corrected chi connectivity index (χ2v) is 3.34. The second-order valence-electron chi connectivity index (χ2n) is 3.34. The summed E-state index contributed by atoms with van der Waals surface area (Å²) in [5.74, 6) is 0.437. The second kappa shape index (κ2) is 5.06. The molecular weight excluding hydrogens is 204 g/mol. The molecule has 2 heterocycles. The first-order valence-electron chi connectivity index (χ1n) is 5.03. The number of nitrogens with zero attached hydrogens (tertiary/aromatic N) is 2. The van der Waals surface area contributed by atoms with Crippen LogP contribution in [0.4, 0.5) is 5.95 Å². The zero-order valence-electron chi connectivity index (χ0n) is 8.68. The number of anilines is 1. The Bertz CT molecular complexity index is 438. The molecule has 2 rings (SSSR count). The average Bonchev–Trinajstić information content (AvgIpc) is 2.81. The largest absolute Gasteiger partial charge is 0.331 e. The molecule has 5 heteroatoms. The Labute approximate surface area is 92.9 Å². The number of aryl methyl sites for hydroxylation is 1. The normalized spacial score (nSPS) is 10.0. The van der Waals surface area contributed by atoms with Crippen LogP contribution in [-0.4, -0.2) is 20.9 Å². The molecule has 0 bridgehead atoms. The molecule has 2 aromatic heterocycles. The molecule has 0 aliphatic rings. The van der Waals surface area contributed by atoms with Crippen molar-refractivity contribution in [3.63, 3.8) is 0 Å². The molecule has 0 aliphatic carbocycles. The smallest absolute Gasteiger partial charge is 0.227 e. The van der Waals surface area contributed by atoms with Crippen molar-refractivity contribution < 1.29 is 4.79 Å². The van der Waals surface area contributed by atoms with Crippen molar-refractivity contribution in [2.75, 3.05) is 5.32 Å². The summed E-state index contributed by atoms with van der Waals surface area (Å²) in [7, 11) is 0. The van der Waals surface area contributed by atoms with E-state index in [1.54, 1.807) is 24.8 Å². The monoisotopic (exact) mass is 216 g/mol. The summed E-state index contributed by atoms with van der Waals surface area (Å²) in [4.78, 5) is 22.1. The van der Waals surface area contributed by atoms with Crippen molar-refractivity contribution in [3.8, 4) is 0 Å². The average molecular weight is 216 g/mol. The van der Waals surface area contributed by atoms with Gasteiger partial charge in [0.25, 0.3) is 0 Å². The van der Waals surface area contributed by atoms with E-state index in [9.17, 15) is 4.79 Å². The van der Waals surface area contributed by atoms with E-state index in [1.807, 2.05) is 12.1 Å². The van der Waals surface area contributed by atoms with Gasteiger partial charge in [-0.3, -0.25) is 15.1 Å². The number of hydrogen-bond donors (Lipinski definition) is 2. The van der Waals surface area contributed by atoms with Crippen LogP contribution in [0.15, 0.2) is 36.9 Å². The van der Waals surface area contributed by atoms with Crippen molar-refractivity contribution in [2.24, 2.45) is 0 Å². The number of carbonyl (C=O) groups excluding carboxylic acids is 1. The Kier molecular flexibility index (Phi) is 3.28. The Morgan fingerprint density at radius 2 is 2.12 bits per heavy atom. The molecule has 2 N–H and O–H groups in total. The van der Waals surface area contributed by atoms with Crippen molar-refractivity contribution in [1.29, 1.82) is 0 Å². The van der Waals surface area contributed by atoms with Gasteiger partial charge >= 0.3 is 0 Å². The van der Waals surface area contributed by atoms with Gasteiger partial charge < -0.3 is 4.98 Å². The molecule has 1 amide bonds. The van der Waals surface area contributed by atoms with Crippen molar-refractivity contribution in [1.82, 2.24) is 15.0 Å². The summed E-state index contributed by atoms with van der Waals surface area (Å²) < 4.78 is 0. The molecule has 0 spiro atoms. The maximum absolute atomic E-state index is 11.5. The minimum absolute atomic E-state index is 0.0493. The maximum Gasteiger partial charge on any atom is 0.227 e. The number of aromatic amines is 1. The lowest BCUT2D eigenvalue weighted by molar-refractivity contribution is -0.116. The van der Waals surface area contributed by atoms with E-state index in [0.717, 1.165) is 5.56 Å². The number of amides is 1. The lowest BCUT2D eigenvalue weighted by Gasteiger charge is -2.01. The standard InChI is InChI=1S/C11H12N4O/c16-10(15-11-13-7-8-14-11)2-1-9-3-5-12-6-4-9/h3-8H,1-2H2,(H2,13,14,15,16). The summed E-state index contributed by atoms with van der Waals surface area (Å²) in [5, 5.41) is 2.67.